The van der Waals surface area contributed by atoms with Crippen LogP contribution in [0, 0.1) is 0 Å². The van der Waals surface area contributed by atoms with E-state index in [1.165, 1.54) is 5.56 Å². The number of hydrogen-bond acceptors (Lipinski definition) is 2. The van der Waals surface area contributed by atoms with Crippen LogP contribution >= 0.6 is 0 Å². The highest BCUT2D eigenvalue weighted by atomic mass is 28.3. The summed E-state index contributed by atoms with van der Waals surface area (Å²) in [6.45, 7) is 5.47. The second kappa shape index (κ2) is 8.27. The summed E-state index contributed by atoms with van der Waals surface area (Å²) in [5.41, 5.74) is 1.22. The Labute approximate surface area is 99.7 Å². The van der Waals surface area contributed by atoms with Crippen LogP contribution in [-0.2, 0) is 8.85 Å². The molecule has 1 rings (SSSR count). The highest BCUT2D eigenvalue weighted by Crippen LogP contribution is 2.05. The van der Waals surface area contributed by atoms with Crippen LogP contribution in [-0.4, -0.2) is 22.5 Å². The lowest BCUT2D eigenvalue weighted by Gasteiger charge is -2.10. The summed E-state index contributed by atoms with van der Waals surface area (Å²) in [5, 5.41) is 0. The molecule has 3 heteroatoms. The quantitative estimate of drug-likeness (QED) is 0.675. The fraction of sp³-hybridized carbons (Fsp3) is 0.385. The molecule has 2 nitrogen and oxygen atoms in total. The predicted molar refractivity (Wildman–Crippen MR) is 69.3 cm³/mol. The van der Waals surface area contributed by atoms with E-state index in [0.717, 1.165) is 19.3 Å². The van der Waals surface area contributed by atoms with Crippen LogP contribution in [0.25, 0.3) is 6.08 Å². The Morgan fingerprint density at radius 1 is 1.06 bits per heavy atom. The maximum atomic E-state index is 5.55. The number of allylic oxidation sites excluding steroid dienone is 1. The minimum atomic E-state index is -1.10. The number of rotatable bonds is 7. The molecule has 1 aromatic rings. The van der Waals surface area contributed by atoms with Gasteiger partial charge in [-0.3, -0.25) is 0 Å². The average molecular weight is 235 g/mol. The molecule has 0 amide bonds. The first-order valence-electron chi connectivity index (χ1n) is 5.69. The largest absolute Gasteiger partial charge is 0.393 e. The van der Waals surface area contributed by atoms with E-state index >= 15 is 0 Å². The van der Waals surface area contributed by atoms with Crippen molar-refractivity contribution in [1.82, 2.24) is 0 Å². The Morgan fingerprint density at radius 3 is 2.25 bits per heavy atom. The van der Waals surface area contributed by atoms with Crippen LogP contribution in [0.5, 0.6) is 0 Å². The summed E-state index contributed by atoms with van der Waals surface area (Å²) in [4.78, 5) is 0. The summed E-state index contributed by atoms with van der Waals surface area (Å²) in [7, 11) is -1.10. The van der Waals surface area contributed by atoms with Crippen molar-refractivity contribution in [2.45, 2.75) is 19.9 Å². The number of benzene rings is 1. The van der Waals surface area contributed by atoms with Gasteiger partial charge in [0, 0.05) is 19.3 Å². The standard InChI is InChI=1S/C13H19O2Si/c1-3-14-16(15-4-2)12-8-11-13-9-6-5-7-10-13/h5-11H,3-4,12H2,1-2H3. The van der Waals surface area contributed by atoms with Crippen molar-refractivity contribution >= 4 is 15.4 Å². The van der Waals surface area contributed by atoms with Crippen molar-refractivity contribution < 1.29 is 8.85 Å². The summed E-state index contributed by atoms with van der Waals surface area (Å²) >= 11 is 0. The van der Waals surface area contributed by atoms with E-state index < -0.39 is 9.28 Å². The fourth-order valence-electron chi connectivity index (χ4n) is 1.34. The molecular formula is C13H19O2Si. The van der Waals surface area contributed by atoms with Crippen molar-refractivity contribution in [2.75, 3.05) is 13.2 Å². The van der Waals surface area contributed by atoms with Gasteiger partial charge in [-0.1, -0.05) is 42.5 Å². The van der Waals surface area contributed by atoms with Crippen LogP contribution in [0.3, 0.4) is 0 Å². The zero-order chi connectivity index (χ0) is 11.6. The highest BCUT2D eigenvalue weighted by molar-refractivity contribution is 6.45. The summed E-state index contributed by atoms with van der Waals surface area (Å²) in [5.74, 6) is 0. The summed E-state index contributed by atoms with van der Waals surface area (Å²) < 4.78 is 11.1. The van der Waals surface area contributed by atoms with Gasteiger partial charge in [0.1, 0.15) is 0 Å². The molecule has 0 saturated carbocycles. The Balaban J connectivity index is 2.39. The van der Waals surface area contributed by atoms with E-state index in [1.54, 1.807) is 0 Å². The molecule has 1 aromatic carbocycles. The third-order valence-electron chi connectivity index (χ3n) is 2.01. The molecule has 0 atom stereocenters. The van der Waals surface area contributed by atoms with E-state index in [-0.39, 0.29) is 0 Å². The lowest BCUT2D eigenvalue weighted by atomic mass is 10.2. The van der Waals surface area contributed by atoms with E-state index in [0.29, 0.717) is 0 Å². The van der Waals surface area contributed by atoms with Crippen molar-refractivity contribution in [1.29, 1.82) is 0 Å². The van der Waals surface area contributed by atoms with Gasteiger partial charge in [-0.15, -0.1) is 0 Å². The van der Waals surface area contributed by atoms with E-state index in [1.807, 2.05) is 32.0 Å². The Bertz CT molecular complexity index is 292. The third kappa shape index (κ3) is 5.26. The molecule has 16 heavy (non-hydrogen) atoms. The maximum absolute atomic E-state index is 5.55. The Morgan fingerprint density at radius 2 is 1.69 bits per heavy atom. The first kappa shape index (κ1) is 13.2. The third-order valence-corrected chi connectivity index (χ3v) is 3.80. The molecule has 0 heterocycles. The minimum absolute atomic E-state index is 0.730. The molecule has 0 aliphatic heterocycles. The second-order valence-corrected chi connectivity index (χ2v) is 4.98. The lowest BCUT2D eigenvalue weighted by molar-refractivity contribution is 0.216. The molecular weight excluding hydrogens is 216 g/mol. The van der Waals surface area contributed by atoms with Gasteiger partial charge in [0.05, 0.1) is 0 Å². The van der Waals surface area contributed by atoms with Crippen LogP contribution in [0.1, 0.15) is 19.4 Å². The van der Waals surface area contributed by atoms with Gasteiger partial charge in [-0.05, 0) is 19.4 Å². The van der Waals surface area contributed by atoms with Crippen LogP contribution in [0.4, 0.5) is 0 Å². The molecule has 87 valence electrons. The van der Waals surface area contributed by atoms with Gasteiger partial charge in [0.15, 0.2) is 0 Å². The molecule has 0 N–H and O–H groups in total. The van der Waals surface area contributed by atoms with Crippen molar-refractivity contribution in [3.8, 4) is 0 Å². The van der Waals surface area contributed by atoms with Crippen molar-refractivity contribution in [3.05, 3.63) is 42.0 Å². The smallest absolute Gasteiger partial charge is 0.388 e. The molecule has 0 fully saturated rings. The molecule has 0 aromatic heterocycles. The summed E-state index contributed by atoms with van der Waals surface area (Å²) in [6, 6.07) is 11.2. The number of hydrogen-bond donors (Lipinski definition) is 0. The Kier molecular flexibility index (Phi) is 6.81. The molecule has 0 aliphatic rings. The first-order chi connectivity index (χ1) is 7.86. The zero-order valence-corrected chi connectivity index (χ0v) is 11.0. The van der Waals surface area contributed by atoms with Crippen molar-refractivity contribution in [3.63, 3.8) is 0 Å². The topological polar surface area (TPSA) is 18.5 Å². The van der Waals surface area contributed by atoms with Gasteiger partial charge in [0.25, 0.3) is 0 Å². The zero-order valence-electron chi connectivity index (χ0n) is 9.98. The molecule has 0 bridgehead atoms. The molecule has 1 radical (unpaired) electrons. The summed E-state index contributed by atoms with van der Waals surface area (Å²) in [6.07, 6.45) is 4.25. The minimum Gasteiger partial charge on any atom is -0.393 e. The van der Waals surface area contributed by atoms with Crippen LogP contribution in [0.2, 0.25) is 6.04 Å². The van der Waals surface area contributed by atoms with Gasteiger partial charge in [-0.2, -0.15) is 0 Å². The van der Waals surface area contributed by atoms with Crippen LogP contribution < -0.4 is 0 Å². The molecule has 0 spiro atoms. The van der Waals surface area contributed by atoms with Crippen LogP contribution in [0.15, 0.2) is 36.4 Å². The van der Waals surface area contributed by atoms with Crippen molar-refractivity contribution in [2.24, 2.45) is 0 Å². The van der Waals surface area contributed by atoms with Gasteiger partial charge in [0.2, 0.25) is 0 Å². The Hall–Kier alpha value is -0.903. The van der Waals surface area contributed by atoms with Gasteiger partial charge < -0.3 is 8.85 Å². The molecule has 0 saturated heterocycles. The van der Waals surface area contributed by atoms with E-state index in [4.69, 9.17) is 8.85 Å². The SMILES string of the molecule is CCO[Si](CC=Cc1ccccc1)OCC. The normalized spacial score (nSPS) is 11.4. The van der Waals surface area contributed by atoms with Gasteiger partial charge >= 0.3 is 9.28 Å². The van der Waals surface area contributed by atoms with Gasteiger partial charge in [-0.25, -0.2) is 0 Å². The average Bonchev–Trinajstić information content (AvgIpc) is 2.31. The first-order valence-corrected chi connectivity index (χ1v) is 7.22. The fourth-order valence-corrected chi connectivity index (χ4v) is 2.61. The molecule has 0 aliphatic carbocycles. The maximum Gasteiger partial charge on any atom is 0.388 e. The second-order valence-electron chi connectivity index (χ2n) is 3.26. The van der Waals surface area contributed by atoms with E-state index in [2.05, 4.69) is 24.3 Å². The highest BCUT2D eigenvalue weighted by Gasteiger charge is 2.11. The van der Waals surface area contributed by atoms with E-state index in [9.17, 15) is 0 Å². The predicted octanol–water partition coefficient (Wildman–Crippen LogP) is 3.26. The monoisotopic (exact) mass is 235 g/mol. The molecule has 0 unspecified atom stereocenters. The lowest BCUT2D eigenvalue weighted by Crippen LogP contribution is -2.21.